The molecule has 3 heteroatoms. The van der Waals surface area contributed by atoms with Crippen LogP contribution < -0.4 is 5.32 Å². The minimum absolute atomic E-state index is 0. The normalized spacial score (nSPS) is 24.0. The molecule has 3 fully saturated rings. The molecule has 0 amide bonds. The van der Waals surface area contributed by atoms with Crippen LogP contribution >= 0.6 is 11.8 Å². The van der Waals surface area contributed by atoms with E-state index in [4.69, 9.17) is 4.74 Å². The lowest BCUT2D eigenvalue weighted by molar-refractivity contribution is 0.0367. The molecule has 74 valence electrons. The largest absolute Gasteiger partial charge is 0.381 e. The maximum Gasteiger partial charge on any atom is 0.0488 e. The van der Waals surface area contributed by atoms with Crippen LogP contribution in [0.1, 0.15) is 20.7 Å². The lowest BCUT2D eigenvalue weighted by atomic mass is 10.3. The second kappa shape index (κ2) is 7.90. The average molecular weight is 191 g/mol. The topological polar surface area (TPSA) is 21.3 Å². The van der Waals surface area contributed by atoms with Gasteiger partial charge in [-0.15, -0.1) is 0 Å². The third-order valence-corrected chi connectivity index (χ3v) is 3.02. The Morgan fingerprint density at radius 1 is 1.00 bits per heavy atom. The highest BCUT2D eigenvalue weighted by atomic mass is 32.2. The third-order valence-electron chi connectivity index (χ3n) is 1.86. The third kappa shape index (κ3) is 5.86. The molecular formula is C9H21NOS. The van der Waals surface area contributed by atoms with E-state index >= 15 is 0 Å². The zero-order valence-corrected chi connectivity index (χ0v) is 8.50. The Kier molecular flexibility index (Phi) is 6.81. The van der Waals surface area contributed by atoms with Crippen molar-refractivity contribution in [2.75, 3.05) is 37.8 Å². The van der Waals surface area contributed by atoms with Crippen LogP contribution in [0.5, 0.6) is 0 Å². The highest BCUT2D eigenvalue weighted by Gasteiger charge is 1.95. The molecule has 0 aromatic carbocycles. The van der Waals surface area contributed by atoms with Crippen LogP contribution in [0.15, 0.2) is 0 Å². The van der Waals surface area contributed by atoms with Crippen molar-refractivity contribution in [3.63, 3.8) is 0 Å². The van der Waals surface area contributed by atoms with Crippen LogP contribution in [-0.2, 0) is 4.74 Å². The van der Waals surface area contributed by atoms with Crippen molar-refractivity contribution in [2.24, 2.45) is 0 Å². The summed E-state index contributed by atoms with van der Waals surface area (Å²) in [7, 11) is 0. The highest BCUT2D eigenvalue weighted by Crippen LogP contribution is 2.14. The zero-order valence-electron chi connectivity index (χ0n) is 7.68. The van der Waals surface area contributed by atoms with Crippen LogP contribution in [0.4, 0.5) is 0 Å². The minimum atomic E-state index is 0. The molecule has 0 spiro atoms. The van der Waals surface area contributed by atoms with Crippen LogP contribution in [-0.4, -0.2) is 37.8 Å². The van der Waals surface area contributed by atoms with Gasteiger partial charge in [-0.2, -0.15) is 11.8 Å². The maximum absolute atomic E-state index is 4.72. The summed E-state index contributed by atoms with van der Waals surface area (Å²) in [6, 6.07) is 0. The first-order valence-corrected chi connectivity index (χ1v) is 6.02. The predicted molar refractivity (Wildman–Crippen MR) is 57.0 cm³/mol. The van der Waals surface area contributed by atoms with Crippen LogP contribution in [0, 0.1) is 0 Å². The van der Waals surface area contributed by atoms with Crippen LogP contribution in [0.2, 0.25) is 0 Å². The molecule has 0 atom stereocenters. The molecule has 3 heterocycles. The first kappa shape index (κ1) is 10.4. The summed E-state index contributed by atoms with van der Waals surface area (Å²) in [6.07, 6.45) is 4.13. The Labute approximate surface area is 80.9 Å². The molecule has 0 bridgehead atoms. The van der Waals surface area contributed by atoms with Gasteiger partial charge in [0.2, 0.25) is 0 Å². The summed E-state index contributed by atoms with van der Waals surface area (Å²) < 4.78 is 4.72. The summed E-state index contributed by atoms with van der Waals surface area (Å²) in [5.74, 6) is 2.83. The summed E-state index contributed by atoms with van der Waals surface area (Å²) >= 11 is 2.04. The molecule has 0 aromatic heterocycles. The molecule has 3 rings (SSSR count). The number of nitrogens with one attached hydrogen (secondary N) is 1. The molecule has 12 heavy (non-hydrogen) atoms. The van der Waals surface area contributed by atoms with E-state index in [-0.39, 0.29) is 1.43 Å². The van der Waals surface area contributed by atoms with Gasteiger partial charge in [0.1, 0.15) is 0 Å². The Bertz CT molecular complexity index is 62.6. The van der Waals surface area contributed by atoms with Gasteiger partial charge in [-0.1, -0.05) is 0 Å². The summed E-state index contributed by atoms with van der Waals surface area (Å²) in [5, 5.41) is 3.11. The van der Waals surface area contributed by atoms with E-state index in [0.29, 0.717) is 0 Å². The molecule has 0 aromatic rings. The number of rotatable bonds is 0. The fraction of sp³-hybridized carbons (Fsp3) is 1.00. The van der Waals surface area contributed by atoms with Crippen LogP contribution in [0.25, 0.3) is 0 Å². The summed E-state index contributed by atoms with van der Waals surface area (Å²) in [5.41, 5.74) is 0. The van der Waals surface area contributed by atoms with Gasteiger partial charge in [0.15, 0.2) is 0 Å². The van der Waals surface area contributed by atoms with Crippen molar-refractivity contribution in [2.45, 2.75) is 19.3 Å². The smallest absolute Gasteiger partial charge is 0.0488 e. The molecular weight excluding hydrogens is 170 g/mol. The highest BCUT2D eigenvalue weighted by molar-refractivity contribution is 8.00. The lowest BCUT2D eigenvalue weighted by Crippen LogP contribution is -2.29. The van der Waals surface area contributed by atoms with Gasteiger partial charge in [0.05, 0.1) is 0 Å². The van der Waals surface area contributed by atoms with Gasteiger partial charge in [-0.25, -0.2) is 0 Å². The van der Waals surface area contributed by atoms with E-state index in [9.17, 15) is 0 Å². The number of ether oxygens (including phenoxy) is 1. The van der Waals surface area contributed by atoms with Gasteiger partial charge in [0, 0.05) is 14.6 Å². The Hall–Kier alpha value is 0.270. The minimum Gasteiger partial charge on any atom is -0.381 e. The standard InChI is InChI=1S/C3H7N.C3H6O.C3H6S.H2/c3*1-2-4-3-1;/h4H,1-3H2;2*1-3H2;1H. The van der Waals surface area contributed by atoms with Gasteiger partial charge < -0.3 is 10.1 Å². The molecule has 0 saturated carbocycles. The van der Waals surface area contributed by atoms with Gasteiger partial charge in [-0.3, -0.25) is 0 Å². The van der Waals surface area contributed by atoms with E-state index in [1.807, 2.05) is 11.8 Å². The van der Waals surface area contributed by atoms with Crippen molar-refractivity contribution < 1.29 is 6.16 Å². The van der Waals surface area contributed by atoms with E-state index in [0.717, 1.165) is 13.2 Å². The zero-order chi connectivity index (χ0) is 8.49. The molecule has 3 aliphatic heterocycles. The quantitative estimate of drug-likeness (QED) is 0.630. The molecule has 2 nitrogen and oxygen atoms in total. The monoisotopic (exact) mass is 191 g/mol. The second-order valence-corrected chi connectivity index (χ2v) is 4.26. The van der Waals surface area contributed by atoms with Crippen molar-refractivity contribution in [3.8, 4) is 0 Å². The molecule has 0 unspecified atom stereocenters. The Morgan fingerprint density at radius 3 is 1.25 bits per heavy atom. The Balaban J connectivity index is 0.000000160. The number of hydrogen-bond donors (Lipinski definition) is 1. The lowest BCUT2D eigenvalue weighted by Gasteiger charge is -2.09. The van der Waals surface area contributed by atoms with E-state index in [2.05, 4.69) is 5.32 Å². The Morgan fingerprint density at radius 2 is 1.25 bits per heavy atom. The van der Waals surface area contributed by atoms with Crippen molar-refractivity contribution in [3.05, 3.63) is 0 Å². The fourth-order valence-corrected chi connectivity index (χ4v) is 0.754. The summed E-state index contributed by atoms with van der Waals surface area (Å²) in [6.45, 7) is 4.50. The van der Waals surface area contributed by atoms with Crippen LogP contribution in [0.3, 0.4) is 0 Å². The summed E-state index contributed by atoms with van der Waals surface area (Å²) in [4.78, 5) is 0. The average Bonchev–Trinajstić information content (AvgIpc) is 1.41. The molecule has 3 aliphatic rings. The van der Waals surface area contributed by atoms with Gasteiger partial charge >= 0.3 is 0 Å². The predicted octanol–water partition coefficient (Wildman–Crippen LogP) is 1.76. The van der Waals surface area contributed by atoms with E-state index in [1.54, 1.807) is 0 Å². The first-order valence-electron chi connectivity index (χ1n) is 4.86. The molecule has 0 aliphatic carbocycles. The van der Waals surface area contributed by atoms with Gasteiger partial charge in [0.25, 0.3) is 0 Å². The molecule has 0 radical (unpaired) electrons. The fourth-order valence-electron chi connectivity index (χ4n) is 0.465. The van der Waals surface area contributed by atoms with Crippen molar-refractivity contribution in [1.29, 1.82) is 0 Å². The molecule has 1 N–H and O–H groups in total. The van der Waals surface area contributed by atoms with E-state index in [1.165, 1.54) is 43.9 Å². The second-order valence-electron chi connectivity index (χ2n) is 3.04. The molecule has 3 saturated heterocycles. The maximum atomic E-state index is 4.72. The first-order chi connectivity index (χ1) is 6.00. The van der Waals surface area contributed by atoms with Crippen molar-refractivity contribution in [1.82, 2.24) is 5.32 Å². The number of thioether (sulfide) groups is 1. The SMILES string of the molecule is C1CNC1.C1COC1.C1CSC1.[HH]. The van der Waals surface area contributed by atoms with Crippen molar-refractivity contribution >= 4 is 11.8 Å². The van der Waals surface area contributed by atoms with E-state index < -0.39 is 0 Å². The number of hydrogen-bond acceptors (Lipinski definition) is 3. The van der Waals surface area contributed by atoms with Gasteiger partial charge in [-0.05, 0) is 43.9 Å².